The average molecular weight is 532 g/mol. The number of Topliss-reactive ketones (excluding diaryl/α,β-unsaturated/α-hetero) is 1. The lowest BCUT2D eigenvalue weighted by molar-refractivity contribution is -0.132. The predicted octanol–water partition coefficient (Wildman–Crippen LogP) is 5.18. The number of carbonyl (C=O) groups excluding carboxylic acids is 2. The summed E-state index contributed by atoms with van der Waals surface area (Å²) in [5, 5.41) is 21.8. The van der Waals surface area contributed by atoms with Crippen LogP contribution in [0.15, 0.2) is 66.2 Å². The zero-order valence-electron chi connectivity index (χ0n) is 21.8. The Bertz CT molecular complexity index is 1460. The van der Waals surface area contributed by atoms with E-state index in [0.29, 0.717) is 53.2 Å². The first-order valence-corrected chi connectivity index (χ1v) is 12.7. The highest BCUT2D eigenvalue weighted by atomic mass is 16.7. The zero-order valence-corrected chi connectivity index (χ0v) is 21.8. The number of aliphatic hydroxyl groups is 1. The molecule has 39 heavy (non-hydrogen) atoms. The summed E-state index contributed by atoms with van der Waals surface area (Å²) < 4.78 is 22.3. The first kappa shape index (κ1) is 26.0. The van der Waals surface area contributed by atoms with Crippen LogP contribution in [-0.2, 0) is 9.59 Å². The Hall–Kier alpha value is -4.66. The quantitative estimate of drug-likeness (QED) is 0.232. The van der Waals surface area contributed by atoms with Gasteiger partial charge >= 0.3 is 0 Å². The molecule has 2 N–H and O–H groups in total. The maximum absolute atomic E-state index is 13.5. The van der Waals surface area contributed by atoms with Crippen LogP contribution in [0.2, 0.25) is 0 Å². The largest absolute Gasteiger partial charge is 0.507 e. The smallest absolute Gasteiger partial charge is 0.300 e. The fourth-order valence-corrected chi connectivity index (χ4v) is 4.57. The number of rotatable bonds is 8. The number of nitrogens with zero attached hydrogens (tertiary/aromatic N) is 1. The van der Waals surface area contributed by atoms with Gasteiger partial charge in [-0.25, -0.2) is 0 Å². The highest BCUT2D eigenvalue weighted by molar-refractivity contribution is 6.51. The summed E-state index contributed by atoms with van der Waals surface area (Å²) in [6.07, 6.45) is 0. The number of amides is 1. The minimum Gasteiger partial charge on any atom is -0.507 e. The lowest BCUT2D eigenvalue weighted by Crippen LogP contribution is -2.29. The topological polar surface area (TPSA) is 115 Å². The molecule has 2 aliphatic heterocycles. The van der Waals surface area contributed by atoms with Gasteiger partial charge in [0.1, 0.15) is 11.5 Å². The van der Waals surface area contributed by atoms with Gasteiger partial charge in [0.15, 0.2) is 23.0 Å². The van der Waals surface area contributed by atoms with Crippen molar-refractivity contribution in [2.24, 2.45) is 5.92 Å². The fourth-order valence-electron chi connectivity index (χ4n) is 4.57. The molecule has 202 valence electrons. The molecule has 3 aromatic rings. The third-order valence-electron chi connectivity index (χ3n) is 6.37. The van der Waals surface area contributed by atoms with E-state index in [1.165, 1.54) is 11.0 Å². The summed E-state index contributed by atoms with van der Waals surface area (Å²) in [4.78, 5) is 28.3. The Kier molecular flexibility index (Phi) is 7.06. The van der Waals surface area contributed by atoms with E-state index in [2.05, 4.69) is 0 Å². The van der Waals surface area contributed by atoms with Crippen LogP contribution in [0.4, 0.5) is 5.69 Å². The van der Waals surface area contributed by atoms with Crippen LogP contribution in [-0.4, -0.2) is 41.9 Å². The van der Waals surface area contributed by atoms with Crippen LogP contribution in [0, 0.1) is 5.92 Å². The molecule has 1 atom stereocenters. The Morgan fingerprint density at radius 3 is 2.59 bits per heavy atom. The first-order chi connectivity index (χ1) is 18.8. The van der Waals surface area contributed by atoms with Crippen molar-refractivity contribution in [2.45, 2.75) is 26.8 Å². The van der Waals surface area contributed by atoms with Gasteiger partial charge in [-0.15, -0.1) is 0 Å². The van der Waals surface area contributed by atoms with Gasteiger partial charge in [-0.3, -0.25) is 14.5 Å². The Labute approximate surface area is 225 Å². The van der Waals surface area contributed by atoms with E-state index >= 15 is 0 Å². The van der Waals surface area contributed by atoms with Crippen LogP contribution >= 0.6 is 0 Å². The molecule has 3 aromatic carbocycles. The van der Waals surface area contributed by atoms with Crippen LogP contribution in [0.3, 0.4) is 0 Å². The summed E-state index contributed by atoms with van der Waals surface area (Å²) in [6, 6.07) is 15.2. The number of ether oxygens (including phenoxy) is 4. The number of phenolic OH excluding ortho intramolecular Hbond substituents is 1. The van der Waals surface area contributed by atoms with Gasteiger partial charge in [0, 0.05) is 17.3 Å². The van der Waals surface area contributed by atoms with Gasteiger partial charge in [-0.1, -0.05) is 32.0 Å². The van der Waals surface area contributed by atoms with Crippen molar-refractivity contribution in [2.75, 3.05) is 24.9 Å². The van der Waals surface area contributed by atoms with Crippen molar-refractivity contribution >= 4 is 23.1 Å². The maximum Gasteiger partial charge on any atom is 0.300 e. The molecule has 9 nitrogen and oxygen atoms in total. The van der Waals surface area contributed by atoms with Gasteiger partial charge in [-0.2, -0.15) is 0 Å². The molecule has 1 saturated heterocycles. The first-order valence-electron chi connectivity index (χ1n) is 12.7. The highest BCUT2D eigenvalue weighted by Gasteiger charge is 2.47. The molecule has 9 heteroatoms. The van der Waals surface area contributed by atoms with Crippen molar-refractivity contribution in [1.29, 1.82) is 0 Å². The summed E-state index contributed by atoms with van der Waals surface area (Å²) in [7, 11) is 0. The van der Waals surface area contributed by atoms with E-state index in [1.54, 1.807) is 61.5 Å². The molecule has 0 aliphatic carbocycles. The van der Waals surface area contributed by atoms with E-state index in [4.69, 9.17) is 18.9 Å². The van der Waals surface area contributed by atoms with Gasteiger partial charge in [-0.05, 0) is 54.8 Å². The molecule has 5 rings (SSSR count). The van der Waals surface area contributed by atoms with Crippen LogP contribution in [0.25, 0.3) is 5.76 Å². The van der Waals surface area contributed by atoms with E-state index in [0.717, 1.165) is 0 Å². The molecule has 0 saturated carbocycles. The number of hydrogen-bond donors (Lipinski definition) is 2. The second-order valence-corrected chi connectivity index (χ2v) is 9.60. The number of carbonyl (C=O) groups is 2. The molecule has 1 fully saturated rings. The van der Waals surface area contributed by atoms with E-state index in [9.17, 15) is 19.8 Å². The molecule has 2 heterocycles. The number of hydrogen-bond acceptors (Lipinski definition) is 8. The van der Waals surface area contributed by atoms with E-state index in [-0.39, 0.29) is 29.6 Å². The van der Waals surface area contributed by atoms with Gasteiger partial charge in [0.25, 0.3) is 11.7 Å². The predicted molar refractivity (Wildman–Crippen MR) is 143 cm³/mol. The molecule has 0 aromatic heterocycles. The minimum atomic E-state index is -1.02. The minimum absolute atomic E-state index is 0.0476. The van der Waals surface area contributed by atoms with Gasteiger partial charge in [0.2, 0.25) is 6.79 Å². The number of fused-ring (bicyclic) bond motifs is 1. The fraction of sp³-hybridized carbons (Fsp3) is 0.267. The molecule has 0 bridgehead atoms. The van der Waals surface area contributed by atoms with Crippen molar-refractivity contribution < 1.29 is 38.7 Å². The monoisotopic (exact) mass is 531 g/mol. The zero-order chi connectivity index (χ0) is 27.7. The van der Waals surface area contributed by atoms with Crippen LogP contribution < -0.4 is 23.8 Å². The maximum atomic E-state index is 13.5. The van der Waals surface area contributed by atoms with Crippen molar-refractivity contribution in [3.8, 4) is 28.7 Å². The van der Waals surface area contributed by atoms with Crippen molar-refractivity contribution in [3.05, 3.63) is 77.4 Å². The average Bonchev–Trinajstić information content (AvgIpc) is 3.50. The van der Waals surface area contributed by atoms with Crippen LogP contribution in [0.1, 0.15) is 37.9 Å². The second kappa shape index (κ2) is 10.6. The van der Waals surface area contributed by atoms with Gasteiger partial charge < -0.3 is 29.2 Å². The number of ketones is 1. The molecule has 0 radical (unpaired) electrons. The number of benzene rings is 3. The number of anilines is 1. The summed E-state index contributed by atoms with van der Waals surface area (Å²) in [6.45, 7) is 6.64. The lowest BCUT2D eigenvalue weighted by Gasteiger charge is -2.26. The van der Waals surface area contributed by atoms with Crippen molar-refractivity contribution in [3.63, 3.8) is 0 Å². The Balaban J connectivity index is 1.66. The lowest BCUT2D eigenvalue weighted by atomic mass is 9.94. The SMILES string of the molecule is CCOc1cc(C2/C(=C(\O)c3cccc(OCC(C)C)c3)C(=O)C(=O)N2c2ccc3c(c2)OCO3)ccc1O. The third-order valence-corrected chi connectivity index (χ3v) is 6.37. The number of phenols is 1. The standard InChI is InChI=1S/C30H29NO8/c1-4-36-24-13-18(8-10-22(24)32)27-26(28(33)19-6-5-7-21(12-19)37-15-17(2)3)29(34)30(35)31(27)20-9-11-23-25(14-20)39-16-38-23/h5-14,17,27,32-33H,4,15-16H2,1-3H3/b28-26+. The summed E-state index contributed by atoms with van der Waals surface area (Å²) in [5.41, 5.74) is 1.06. The van der Waals surface area contributed by atoms with Crippen molar-refractivity contribution in [1.82, 2.24) is 0 Å². The molecule has 1 amide bonds. The van der Waals surface area contributed by atoms with Crippen LogP contribution in [0.5, 0.6) is 28.7 Å². The molecule has 2 aliphatic rings. The highest BCUT2D eigenvalue weighted by Crippen LogP contribution is 2.46. The molecular formula is C30H29NO8. The molecule has 1 unspecified atom stereocenters. The molecule has 0 spiro atoms. The Morgan fingerprint density at radius 2 is 1.82 bits per heavy atom. The summed E-state index contributed by atoms with van der Waals surface area (Å²) >= 11 is 0. The van der Waals surface area contributed by atoms with Gasteiger partial charge in [0.05, 0.1) is 24.8 Å². The number of aromatic hydroxyl groups is 1. The number of aliphatic hydroxyl groups excluding tert-OH is 1. The van der Waals surface area contributed by atoms with E-state index in [1.807, 2.05) is 13.8 Å². The molecular weight excluding hydrogens is 502 g/mol. The third kappa shape index (κ3) is 4.95. The second-order valence-electron chi connectivity index (χ2n) is 9.60. The van der Waals surface area contributed by atoms with E-state index < -0.39 is 17.7 Å². The normalized spacial score (nSPS) is 17.6. The Morgan fingerprint density at radius 1 is 1.03 bits per heavy atom. The summed E-state index contributed by atoms with van der Waals surface area (Å²) in [5.74, 6) is -0.139.